The maximum Gasteiger partial charge on any atom is 0.289 e. The van der Waals surface area contributed by atoms with Gasteiger partial charge >= 0.3 is 0 Å². The lowest BCUT2D eigenvalue weighted by Gasteiger charge is -2.35. The maximum absolute atomic E-state index is 13.7. The largest absolute Gasteiger partial charge is 0.347 e. The predicted octanol–water partition coefficient (Wildman–Crippen LogP) is 3.16. The number of nitrogens with zero attached hydrogens (tertiary/aromatic N) is 1. The van der Waals surface area contributed by atoms with Gasteiger partial charge in [-0.2, -0.15) is 0 Å². The van der Waals surface area contributed by atoms with Gasteiger partial charge in [0.15, 0.2) is 0 Å². The standard InChI is InChI=1S/C27H42N4O5.C2H6.3H2/c1-13(2)20(30-23(33)14(3)4)26(36)31-12-17-19(27(17,5)6)21(31)24(34)29-18(11-15-7-8-15)22(32)25(35)28-16-9-10-16;1-2;;;/h13-21H,7-12H2,1-6H3,(H,28,35)(H,29,34)(H,30,33);1-2H3;3*1H/t17-,18?,19-,20-,21-;;;;/m0..../s1. The van der Waals surface area contributed by atoms with E-state index in [0.717, 1.165) is 25.7 Å². The minimum atomic E-state index is -0.886. The summed E-state index contributed by atoms with van der Waals surface area (Å²) < 4.78 is 0. The Labute approximate surface area is 232 Å². The van der Waals surface area contributed by atoms with E-state index in [0.29, 0.717) is 18.9 Å². The van der Waals surface area contributed by atoms with Gasteiger partial charge in [-0.25, -0.2) is 0 Å². The molecule has 1 aliphatic heterocycles. The van der Waals surface area contributed by atoms with E-state index in [9.17, 15) is 24.0 Å². The summed E-state index contributed by atoms with van der Waals surface area (Å²) in [6.45, 7) is 15.9. The first-order chi connectivity index (χ1) is 17.8. The molecule has 4 amide bonds. The van der Waals surface area contributed by atoms with Crippen molar-refractivity contribution in [3.05, 3.63) is 0 Å². The minimum absolute atomic E-state index is 0. The average Bonchev–Trinajstić information content (AvgIpc) is 3.82. The van der Waals surface area contributed by atoms with E-state index in [2.05, 4.69) is 29.8 Å². The van der Waals surface area contributed by atoms with Crippen LogP contribution < -0.4 is 16.0 Å². The lowest BCUT2D eigenvalue weighted by atomic mass is 9.96. The Morgan fingerprint density at radius 2 is 1.55 bits per heavy atom. The van der Waals surface area contributed by atoms with Crippen molar-refractivity contribution in [2.45, 2.75) is 112 Å². The zero-order valence-corrected chi connectivity index (χ0v) is 24.4. The smallest absolute Gasteiger partial charge is 0.289 e. The molecule has 1 heterocycles. The van der Waals surface area contributed by atoms with Gasteiger partial charge in [-0.15, -0.1) is 0 Å². The lowest BCUT2D eigenvalue weighted by Crippen LogP contribution is -2.59. The number of ketones is 1. The number of nitrogens with one attached hydrogen (secondary N) is 3. The van der Waals surface area contributed by atoms with E-state index in [1.54, 1.807) is 18.7 Å². The van der Waals surface area contributed by atoms with Gasteiger partial charge in [0.2, 0.25) is 23.5 Å². The van der Waals surface area contributed by atoms with Crippen LogP contribution in [0.4, 0.5) is 0 Å². The first-order valence-electron chi connectivity index (χ1n) is 14.6. The van der Waals surface area contributed by atoms with Crippen molar-refractivity contribution in [2.24, 2.45) is 35.0 Å². The normalized spacial score (nSPS) is 26.5. The van der Waals surface area contributed by atoms with E-state index in [1.807, 2.05) is 27.7 Å². The maximum atomic E-state index is 13.7. The van der Waals surface area contributed by atoms with Gasteiger partial charge < -0.3 is 20.9 Å². The summed E-state index contributed by atoms with van der Waals surface area (Å²) in [6.07, 6.45) is 4.17. The summed E-state index contributed by atoms with van der Waals surface area (Å²) in [6, 6.07) is -2.29. The number of carbonyl (C=O) groups excluding carboxylic acids is 5. The van der Waals surface area contributed by atoms with Crippen LogP contribution in [0.2, 0.25) is 0 Å². The summed E-state index contributed by atoms with van der Waals surface area (Å²) in [4.78, 5) is 66.9. The van der Waals surface area contributed by atoms with Crippen molar-refractivity contribution in [1.82, 2.24) is 20.9 Å². The minimum Gasteiger partial charge on any atom is -0.347 e. The Morgan fingerprint density at radius 1 is 0.947 bits per heavy atom. The molecule has 9 heteroatoms. The molecule has 0 aromatic heterocycles. The topological polar surface area (TPSA) is 125 Å². The number of Topliss-reactive ketones (excluding diaryl/α,β-unsaturated/α-hetero) is 1. The number of hydrogen-bond acceptors (Lipinski definition) is 5. The molecule has 0 radical (unpaired) electrons. The Balaban J connectivity index is 0.00000313. The molecule has 1 saturated heterocycles. The SMILES string of the molecule is CC.CC(C)C(=O)N[C@H](C(=O)N1C[C@H]2[C@@H]([C@H]1C(=O)NC(CC1CC1)C(=O)C(=O)NC1CC1)C2(C)C)C(C)C.[HH].[HH].[HH]. The fraction of sp³-hybridized carbons (Fsp3) is 0.828. The number of likely N-dealkylation sites (tertiary alicyclic amines) is 1. The summed E-state index contributed by atoms with van der Waals surface area (Å²) in [5, 5.41) is 8.48. The molecule has 3 saturated carbocycles. The van der Waals surface area contributed by atoms with E-state index in [-0.39, 0.29) is 57.1 Å². The fourth-order valence-corrected chi connectivity index (χ4v) is 5.64. The third-order valence-corrected chi connectivity index (χ3v) is 8.55. The van der Waals surface area contributed by atoms with Crippen LogP contribution in [0.3, 0.4) is 0 Å². The average molecular weight is 539 g/mol. The number of amides is 4. The monoisotopic (exact) mass is 538 g/mol. The predicted molar refractivity (Wildman–Crippen MR) is 151 cm³/mol. The summed E-state index contributed by atoms with van der Waals surface area (Å²) in [5.41, 5.74) is -0.0906. The van der Waals surface area contributed by atoms with Crippen molar-refractivity contribution in [2.75, 3.05) is 6.54 Å². The van der Waals surface area contributed by atoms with Crippen LogP contribution in [0.15, 0.2) is 0 Å². The van der Waals surface area contributed by atoms with Crippen molar-refractivity contribution in [1.29, 1.82) is 0 Å². The van der Waals surface area contributed by atoms with E-state index < -0.39 is 29.8 Å². The van der Waals surface area contributed by atoms with Crippen LogP contribution >= 0.6 is 0 Å². The van der Waals surface area contributed by atoms with Crippen LogP contribution in [0, 0.1) is 35.0 Å². The molecule has 0 aromatic carbocycles. The fourth-order valence-electron chi connectivity index (χ4n) is 5.64. The van der Waals surface area contributed by atoms with Crippen molar-refractivity contribution < 1.29 is 28.3 Å². The van der Waals surface area contributed by atoms with Crippen molar-refractivity contribution in [3.63, 3.8) is 0 Å². The molecule has 0 spiro atoms. The molecular weight excluding hydrogens is 484 g/mol. The van der Waals surface area contributed by atoms with Crippen LogP contribution in [-0.4, -0.2) is 65.0 Å². The molecule has 3 N–H and O–H groups in total. The molecule has 38 heavy (non-hydrogen) atoms. The Bertz CT molecular complexity index is 953. The zero-order chi connectivity index (χ0) is 28.5. The highest BCUT2D eigenvalue weighted by Gasteiger charge is 2.69. The molecule has 220 valence electrons. The zero-order valence-electron chi connectivity index (χ0n) is 24.4. The van der Waals surface area contributed by atoms with Gasteiger partial charge in [0.1, 0.15) is 12.1 Å². The van der Waals surface area contributed by atoms with Gasteiger partial charge in [0.05, 0.1) is 6.04 Å². The van der Waals surface area contributed by atoms with E-state index >= 15 is 0 Å². The Kier molecular flexibility index (Phi) is 9.30. The van der Waals surface area contributed by atoms with Crippen molar-refractivity contribution in [3.8, 4) is 0 Å². The highest BCUT2D eigenvalue weighted by atomic mass is 16.2. The van der Waals surface area contributed by atoms with Gasteiger partial charge in [0, 0.05) is 22.8 Å². The molecule has 4 aliphatic rings. The third kappa shape index (κ3) is 6.57. The summed E-state index contributed by atoms with van der Waals surface area (Å²) >= 11 is 0. The second kappa shape index (κ2) is 11.7. The third-order valence-electron chi connectivity index (χ3n) is 8.55. The van der Waals surface area contributed by atoms with Gasteiger partial charge in [0.25, 0.3) is 5.91 Å². The number of fused-ring (bicyclic) bond motifs is 1. The van der Waals surface area contributed by atoms with Gasteiger partial charge in [-0.1, -0.05) is 68.2 Å². The number of hydrogen-bond donors (Lipinski definition) is 3. The molecule has 0 bridgehead atoms. The molecule has 1 unspecified atom stereocenters. The van der Waals surface area contributed by atoms with Crippen LogP contribution in [0.25, 0.3) is 0 Å². The highest BCUT2D eigenvalue weighted by Crippen LogP contribution is 2.65. The molecule has 3 aliphatic carbocycles. The molecule has 4 fully saturated rings. The second-order valence-electron chi connectivity index (χ2n) is 12.6. The van der Waals surface area contributed by atoms with Gasteiger partial charge in [-0.3, -0.25) is 24.0 Å². The van der Waals surface area contributed by atoms with Crippen LogP contribution in [0.1, 0.15) is 91.8 Å². The highest BCUT2D eigenvalue weighted by molar-refractivity contribution is 6.38. The van der Waals surface area contributed by atoms with Crippen LogP contribution in [0.5, 0.6) is 0 Å². The Morgan fingerprint density at radius 3 is 2.05 bits per heavy atom. The summed E-state index contributed by atoms with van der Waals surface area (Å²) in [5.74, 6) is -2.01. The quantitative estimate of drug-likeness (QED) is 0.349. The van der Waals surface area contributed by atoms with Crippen molar-refractivity contribution >= 4 is 29.4 Å². The molecule has 9 nitrogen and oxygen atoms in total. The Hall–Kier alpha value is -2.45. The molecular formula is C29H54N4O5. The molecule has 4 rings (SSSR count). The van der Waals surface area contributed by atoms with Gasteiger partial charge in [-0.05, 0) is 48.3 Å². The number of piperidine rings is 1. The van der Waals surface area contributed by atoms with E-state index in [4.69, 9.17) is 0 Å². The van der Waals surface area contributed by atoms with Crippen LogP contribution in [-0.2, 0) is 24.0 Å². The first kappa shape index (κ1) is 30.1. The lowest BCUT2D eigenvalue weighted by molar-refractivity contribution is -0.145. The molecule has 5 atom stereocenters. The van der Waals surface area contributed by atoms with E-state index in [1.165, 1.54) is 0 Å². The summed E-state index contributed by atoms with van der Waals surface area (Å²) in [7, 11) is 0. The molecule has 0 aromatic rings. The second-order valence-corrected chi connectivity index (χ2v) is 12.6. The first-order valence-corrected chi connectivity index (χ1v) is 14.6. The number of carbonyl (C=O) groups is 5. The number of rotatable bonds is 11.